The van der Waals surface area contributed by atoms with Gasteiger partial charge in [-0.3, -0.25) is 9.36 Å². The molecule has 2 saturated heterocycles. The second-order valence-corrected chi connectivity index (χ2v) is 12.6. The molecule has 0 unspecified atom stereocenters. The number of aryl methyl sites for hydroxylation is 1. The van der Waals surface area contributed by atoms with Crippen molar-refractivity contribution in [1.82, 2.24) is 24.2 Å². The van der Waals surface area contributed by atoms with Crippen LogP contribution in [0.5, 0.6) is 0 Å². The van der Waals surface area contributed by atoms with Crippen LogP contribution in [0.2, 0.25) is 0 Å². The molecule has 0 spiro atoms. The first-order chi connectivity index (χ1) is 22.8. The Morgan fingerprint density at radius 2 is 1.79 bits per heavy atom. The van der Waals surface area contributed by atoms with Crippen LogP contribution >= 0.6 is 11.9 Å². The van der Waals surface area contributed by atoms with Gasteiger partial charge in [0.15, 0.2) is 0 Å². The number of carbonyl (C=O) groups excluding carboxylic acids is 1. The minimum atomic E-state index is -3.28. The zero-order valence-corrected chi connectivity index (χ0v) is 28.6. The van der Waals surface area contributed by atoms with Crippen LogP contribution in [0.4, 0.5) is 24.7 Å². The molecular formula is C34H48F3N7O2S. The lowest BCUT2D eigenvalue weighted by Crippen LogP contribution is -2.45. The number of anilines is 2. The highest BCUT2D eigenvalue weighted by Gasteiger charge is 2.43. The fourth-order valence-electron chi connectivity index (χ4n) is 6.26. The number of rotatable bonds is 14. The van der Waals surface area contributed by atoms with E-state index in [9.17, 15) is 9.59 Å². The van der Waals surface area contributed by atoms with E-state index in [0.717, 1.165) is 45.1 Å². The average molecular weight is 676 g/mol. The van der Waals surface area contributed by atoms with Gasteiger partial charge >= 0.3 is 0 Å². The van der Waals surface area contributed by atoms with Crippen molar-refractivity contribution in [3.63, 3.8) is 0 Å². The number of benzene rings is 1. The van der Waals surface area contributed by atoms with E-state index in [0.29, 0.717) is 61.7 Å². The molecule has 2 fully saturated rings. The van der Waals surface area contributed by atoms with Gasteiger partial charge in [-0.1, -0.05) is 56.8 Å². The summed E-state index contributed by atoms with van der Waals surface area (Å²) in [5, 5.41) is 6.86. The van der Waals surface area contributed by atoms with Crippen LogP contribution in [-0.2, 0) is 23.8 Å². The molecule has 1 aromatic carbocycles. The summed E-state index contributed by atoms with van der Waals surface area (Å²) in [6.45, 7) is 8.36. The second-order valence-electron chi connectivity index (χ2n) is 11.7. The van der Waals surface area contributed by atoms with Gasteiger partial charge in [0.2, 0.25) is 0 Å². The molecular weight excluding hydrogens is 627 g/mol. The van der Waals surface area contributed by atoms with Gasteiger partial charge in [0, 0.05) is 57.2 Å². The number of pyridine rings is 1. The van der Waals surface area contributed by atoms with E-state index < -0.39 is 23.2 Å². The summed E-state index contributed by atoms with van der Waals surface area (Å²) >= 11 is 1.68. The van der Waals surface area contributed by atoms with E-state index in [1.165, 1.54) is 24.5 Å². The summed E-state index contributed by atoms with van der Waals surface area (Å²) in [6.07, 6.45) is 8.75. The Balaban J connectivity index is 0.00000245. The number of alkyl halides is 2. The smallest absolute Gasteiger partial charge is 0.278 e. The van der Waals surface area contributed by atoms with E-state index in [2.05, 4.69) is 29.8 Å². The molecule has 3 aromatic rings. The Kier molecular flexibility index (Phi) is 13.9. The molecule has 258 valence electrons. The number of aldehydes is 1. The molecule has 5 rings (SSSR count). The maximum Gasteiger partial charge on any atom is 0.278 e. The number of nitrogens with zero attached hydrogens (tertiary/aromatic N) is 5. The molecule has 0 bridgehead atoms. The molecule has 2 aromatic heterocycles. The first kappa shape index (κ1) is 36.7. The first-order valence-electron chi connectivity index (χ1n) is 16.8. The van der Waals surface area contributed by atoms with E-state index in [-0.39, 0.29) is 30.5 Å². The van der Waals surface area contributed by atoms with Crippen LogP contribution < -0.4 is 21.1 Å². The number of piperidine rings is 1. The molecule has 2 aliphatic heterocycles. The van der Waals surface area contributed by atoms with Crippen molar-refractivity contribution in [2.45, 2.75) is 77.8 Å². The number of aromatic nitrogens is 3. The Morgan fingerprint density at radius 1 is 1.06 bits per heavy atom. The van der Waals surface area contributed by atoms with Crippen LogP contribution in [0.3, 0.4) is 0 Å². The number of nitrogens with one attached hydrogen (secondary N) is 2. The standard InChI is InChI=1S/C32H42F3N7O2S.C2H6/c1-45-41-17-15-40(16-18-41)27-20-25-29(38-22-39-30(25)42(31(27)44)14-5-3-2-4-6-19-43)37-21-23-8-7-9-26(28(23)33)32(34,35)24-10-12-36-13-11-24;1-2/h7-9,19-20,22,24,36H,2-6,10-18,21H2,1H3,(H,37,38,39);1-2H3. The number of fused-ring (bicyclic) bond motifs is 1. The minimum Gasteiger partial charge on any atom is -0.365 e. The van der Waals surface area contributed by atoms with Crippen LogP contribution in [0.25, 0.3) is 11.0 Å². The lowest BCUT2D eigenvalue weighted by atomic mass is 9.86. The molecule has 0 aliphatic carbocycles. The fraction of sp³-hybridized carbons (Fsp3) is 0.588. The molecule has 0 amide bonds. The predicted molar refractivity (Wildman–Crippen MR) is 185 cm³/mol. The lowest BCUT2D eigenvalue weighted by Gasteiger charge is -2.34. The van der Waals surface area contributed by atoms with Crippen molar-refractivity contribution < 1.29 is 18.0 Å². The topological polar surface area (TPSA) is 95.4 Å². The van der Waals surface area contributed by atoms with Crippen LogP contribution in [0, 0.1) is 11.7 Å². The van der Waals surface area contributed by atoms with Crippen molar-refractivity contribution >= 4 is 40.8 Å². The predicted octanol–water partition coefficient (Wildman–Crippen LogP) is 6.21. The van der Waals surface area contributed by atoms with Gasteiger partial charge < -0.3 is 20.3 Å². The Morgan fingerprint density at radius 3 is 2.49 bits per heavy atom. The highest BCUT2D eigenvalue weighted by atomic mass is 32.2. The van der Waals surface area contributed by atoms with Crippen molar-refractivity contribution in [3.05, 3.63) is 57.9 Å². The summed E-state index contributed by atoms with van der Waals surface area (Å²) in [6, 6.07) is 5.96. The van der Waals surface area contributed by atoms with Gasteiger partial charge in [-0.05, 0) is 51.1 Å². The summed E-state index contributed by atoms with van der Waals surface area (Å²) in [7, 11) is 0. The lowest BCUT2D eigenvalue weighted by molar-refractivity contribution is -0.107. The van der Waals surface area contributed by atoms with Crippen LogP contribution in [0.15, 0.2) is 35.4 Å². The number of halogens is 3. The van der Waals surface area contributed by atoms with Crippen molar-refractivity contribution in [2.75, 3.05) is 55.7 Å². The second kappa shape index (κ2) is 17.8. The highest BCUT2D eigenvalue weighted by Crippen LogP contribution is 2.42. The zero-order chi connectivity index (χ0) is 33.8. The normalized spacial score (nSPS) is 16.2. The average Bonchev–Trinajstić information content (AvgIpc) is 3.11. The van der Waals surface area contributed by atoms with E-state index >= 15 is 13.2 Å². The van der Waals surface area contributed by atoms with Crippen molar-refractivity contribution in [3.8, 4) is 0 Å². The maximum absolute atomic E-state index is 15.6. The third-order valence-corrected chi connectivity index (χ3v) is 9.77. The Hall–Kier alpha value is -3.16. The third-order valence-electron chi connectivity index (χ3n) is 8.89. The maximum atomic E-state index is 15.6. The van der Waals surface area contributed by atoms with Crippen LogP contribution in [0.1, 0.15) is 69.9 Å². The quantitative estimate of drug-likeness (QED) is 0.118. The molecule has 47 heavy (non-hydrogen) atoms. The number of hydrogen-bond acceptors (Lipinski definition) is 9. The van der Waals surface area contributed by atoms with Gasteiger partial charge in [-0.2, -0.15) is 0 Å². The van der Waals surface area contributed by atoms with E-state index in [1.54, 1.807) is 22.6 Å². The van der Waals surface area contributed by atoms with Gasteiger partial charge in [0.1, 0.15) is 35.6 Å². The van der Waals surface area contributed by atoms with Gasteiger partial charge in [-0.15, -0.1) is 0 Å². The van der Waals surface area contributed by atoms with E-state index in [4.69, 9.17) is 0 Å². The van der Waals surface area contributed by atoms with E-state index in [1.807, 2.05) is 20.1 Å². The van der Waals surface area contributed by atoms with Crippen molar-refractivity contribution in [2.24, 2.45) is 5.92 Å². The third kappa shape index (κ3) is 8.85. The number of hydrogen-bond donors (Lipinski definition) is 2. The minimum absolute atomic E-state index is 0.0638. The van der Waals surface area contributed by atoms with Gasteiger partial charge in [0.05, 0.1) is 10.9 Å². The highest BCUT2D eigenvalue weighted by molar-refractivity contribution is 7.96. The number of unbranched alkanes of at least 4 members (excludes halogenated alkanes) is 4. The summed E-state index contributed by atoms with van der Waals surface area (Å²) < 4.78 is 50.4. The van der Waals surface area contributed by atoms with Crippen molar-refractivity contribution in [1.29, 1.82) is 0 Å². The Bertz CT molecular complexity index is 1510. The largest absolute Gasteiger partial charge is 0.365 e. The molecule has 0 saturated carbocycles. The summed E-state index contributed by atoms with van der Waals surface area (Å²) in [5.74, 6) is -4.70. The molecule has 9 nitrogen and oxygen atoms in total. The fourth-order valence-corrected chi connectivity index (χ4v) is 6.79. The molecule has 2 aliphatic rings. The molecule has 13 heteroatoms. The van der Waals surface area contributed by atoms with Gasteiger partial charge in [0.25, 0.3) is 11.5 Å². The zero-order valence-electron chi connectivity index (χ0n) is 27.7. The monoisotopic (exact) mass is 675 g/mol. The molecule has 2 N–H and O–H groups in total. The SMILES string of the molecule is CC.CSN1CCN(c2cc3c(NCc4cccc(C(F)(F)C5CCNCC5)c4F)ncnc3n(CCCCCCC=O)c2=O)CC1. The molecule has 0 atom stereocenters. The number of piperazine rings is 1. The van der Waals surface area contributed by atoms with Crippen LogP contribution in [-0.4, -0.2) is 70.7 Å². The molecule has 0 radical (unpaired) electrons. The first-order valence-corrected chi connectivity index (χ1v) is 18.0. The molecule has 4 heterocycles. The summed E-state index contributed by atoms with van der Waals surface area (Å²) in [5.41, 5.74) is 0.428. The summed E-state index contributed by atoms with van der Waals surface area (Å²) in [4.78, 5) is 35.5. The number of carbonyl (C=O) groups is 1. The van der Waals surface area contributed by atoms with Gasteiger partial charge in [-0.25, -0.2) is 27.4 Å². The Labute approximate surface area is 279 Å².